The Balaban J connectivity index is 2.16. The van der Waals surface area contributed by atoms with Crippen molar-refractivity contribution in [3.63, 3.8) is 0 Å². The van der Waals surface area contributed by atoms with Crippen molar-refractivity contribution >= 4 is 45.9 Å². The first-order valence-corrected chi connectivity index (χ1v) is 8.03. The van der Waals surface area contributed by atoms with Crippen molar-refractivity contribution in [1.29, 1.82) is 0 Å². The van der Waals surface area contributed by atoms with Crippen molar-refractivity contribution in [2.24, 2.45) is 0 Å². The Kier molecular flexibility index (Phi) is 4.79. The number of rotatable bonds is 4. The molecule has 0 saturated carbocycles. The minimum atomic E-state index is -0.693. The molecule has 0 bridgehead atoms. The van der Waals surface area contributed by atoms with E-state index in [-0.39, 0.29) is 22.7 Å². The molecule has 25 heavy (non-hydrogen) atoms. The molecule has 7 heteroatoms. The molecule has 0 fully saturated rings. The van der Waals surface area contributed by atoms with E-state index in [0.29, 0.717) is 21.5 Å². The Morgan fingerprint density at radius 1 is 1.16 bits per heavy atom. The van der Waals surface area contributed by atoms with Crippen LogP contribution in [0.15, 0.2) is 36.4 Å². The van der Waals surface area contributed by atoms with Gasteiger partial charge in [0.05, 0.1) is 24.2 Å². The Morgan fingerprint density at radius 3 is 2.60 bits per heavy atom. The number of nitrogens with one attached hydrogen (secondary N) is 1. The Hall–Kier alpha value is -2.37. The van der Waals surface area contributed by atoms with E-state index in [2.05, 4.69) is 4.98 Å². The van der Waals surface area contributed by atoms with Gasteiger partial charge in [0.15, 0.2) is 0 Å². The Morgan fingerprint density at radius 2 is 1.92 bits per heavy atom. The Bertz CT molecular complexity index is 997. The summed E-state index contributed by atoms with van der Waals surface area (Å²) >= 11 is 11.6. The normalized spacial score (nSPS) is 10.9. The molecule has 0 saturated heterocycles. The van der Waals surface area contributed by atoms with Crippen LogP contribution in [-0.4, -0.2) is 23.8 Å². The van der Waals surface area contributed by atoms with E-state index in [1.807, 2.05) is 0 Å². The average Bonchev–Trinajstić information content (AvgIpc) is 2.94. The second kappa shape index (κ2) is 6.86. The fourth-order valence-electron chi connectivity index (χ4n) is 2.60. The standard InChI is InChI=1S/C18H12Cl2FNO3/c1-25-16(23)8-12-11-4-3-10(19)7-15(11)22-17(12)18(24)9-2-5-13(20)14(21)6-9/h2-7,22H,8H2,1H3. The molecule has 1 aromatic heterocycles. The second-order valence-electron chi connectivity index (χ2n) is 5.38. The summed E-state index contributed by atoms with van der Waals surface area (Å²) in [6.45, 7) is 0. The number of carbonyl (C=O) groups excluding carboxylic acids is 2. The lowest BCUT2D eigenvalue weighted by molar-refractivity contribution is -0.139. The van der Waals surface area contributed by atoms with Gasteiger partial charge in [-0.15, -0.1) is 0 Å². The van der Waals surface area contributed by atoms with E-state index in [4.69, 9.17) is 27.9 Å². The summed E-state index contributed by atoms with van der Waals surface area (Å²) in [5.74, 6) is -1.64. The summed E-state index contributed by atoms with van der Waals surface area (Å²) in [5, 5.41) is 1.08. The maximum absolute atomic E-state index is 13.7. The lowest BCUT2D eigenvalue weighted by Crippen LogP contribution is -2.10. The van der Waals surface area contributed by atoms with Crippen molar-refractivity contribution in [3.8, 4) is 0 Å². The average molecular weight is 380 g/mol. The van der Waals surface area contributed by atoms with Gasteiger partial charge in [0.25, 0.3) is 0 Å². The number of methoxy groups -OCH3 is 1. The van der Waals surface area contributed by atoms with Gasteiger partial charge in [0.2, 0.25) is 5.78 Å². The summed E-state index contributed by atoms with van der Waals surface area (Å²) in [6, 6.07) is 8.82. The zero-order valence-corrected chi connectivity index (χ0v) is 14.5. The number of carbonyl (C=O) groups is 2. The fourth-order valence-corrected chi connectivity index (χ4v) is 2.89. The lowest BCUT2D eigenvalue weighted by atomic mass is 10.0. The Labute approximate surface area is 152 Å². The lowest BCUT2D eigenvalue weighted by Gasteiger charge is -2.05. The van der Waals surface area contributed by atoms with E-state index >= 15 is 0 Å². The van der Waals surface area contributed by atoms with Gasteiger partial charge >= 0.3 is 5.97 Å². The van der Waals surface area contributed by atoms with Crippen LogP contribution in [0, 0.1) is 5.82 Å². The van der Waals surface area contributed by atoms with E-state index in [1.54, 1.807) is 18.2 Å². The maximum atomic E-state index is 13.7. The summed E-state index contributed by atoms with van der Waals surface area (Å²) in [7, 11) is 1.27. The third-order valence-corrected chi connectivity index (χ3v) is 4.37. The van der Waals surface area contributed by atoms with E-state index in [0.717, 1.165) is 6.07 Å². The molecule has 0 aliphatic rings. The maximum Gasteiger partial charge on any atom is 0.310 e. The number of ether oxygens (including phenoxy) is 1. The van der Waals surface area contributed by atoms with Crippen LogP contribution in [0.1, 0.15) is 21.6 Å². The molecule has 3 rings (SSSR count). The number of hydrogen-bond donors (Lipinski definition) is 1. The van der Waals surface area contributed by atoms with Gasteiger partial charge in [-0.2, -0.15) is 0 Å². The van der Waals surface area contributed by atoms with Crippen LogP contribution >= 0.6 is 23.2 Å². The molecule has 3 aromatic rings. The first-order chi connectivity index (χ1) is 11.9. The highest BCUT2D eigenvalue weighted by Gasteiger charge is 2.22. The highest BCUT2D eigenvalue weighted by Crippen LogP contribution is 2.28. The topological polar surface area (TPSA) is 59.2 Å². The number of esters is 1. The first kappa shape index (κ1) is 17.5. The smallest absolute Gasteiger partial charge is 0.310 e. The van der Waals surface area contributed by atoms with Gasteiger partial charge < -0.3 is 9.72 Å². The molecule has 128 valence electrons. The molecule has 0 unspecified atom stereocenters. The quantitative estimate of drug-likeness (QED) is 0.533. The number of fused-ring (bicyclic) bond motifs is 1. The minimum absolute atomic E-state index is 0.0743. The first-order valence-electron chi connectivity index (χ1n) is 7.27. The molecule has 1 heterocycles. The van der Waals surface area contributed by atoms with Gasteiger partial charge in [0.1, 0.15) is 5.82 Å². The SMILES string of the molecule is COC(=O)Cc1c(C(=O)c2ccc(Cl)c(F)c2)[nH]c2cc(Cl)ccc12. The minimum Gasteiger partial charge on any atom is -0.469 e. The van der Waals surface area contributed by atoms with Crippen LogP contribution in [0.5, 0.6) is 0 Å². The number of aromatic nitrogens is 1. The molecular weight excluding hydrogens is 368 g/mol. The molecule has 1 N–H and O–H groups in total. The summed E-state index contributed by atoms with van der Waals surface area (Å²) in [6.07, 6.45) is -0.102. The van der Waals surface area contributed by atoms with E-state index in [9.17, 15) is 14.0 Å². The molecule has 0 aliphatic carbocycles. The fraction of sp³-hybridized carbons (Fsp3) is 0.111. The number of ketones is 1. The molecule has 0 amide bonds. The largest absolute Gasteiger partial charge is 0.469 e. The predicted molar refractivity (Wildman–Crippen MR) is 93.9 cm³/mol. The van der Waals surface area contributed by atoms with Crippen LogP contribution in [0.25, 0.3) is 10.9 Å². The zero-order valence-electron chi connectivity index (χ0n) is 13.0. The van der Waals surface area contributed by atoms with Crippen LogP contribution in [-0.2, 0) is 16.0 Å². The number of halogens is 3. The molecular formula is C18H12Cl2FNO3. The predicted octanol–water partition coefficient (Wildman–Crippen LogP) is 4.56. The highest BCUT2D eigenvalue weighted by atomic mass is 35.5. The van der Waals surface area contributed by atoms with Gasteiger partial charge in [-0.1, -0.05) is 29.3 Å². The van der Waals surface area contributed by atoms with Crippen molar-refractivity contribution in [2.45, 2.75) is 6.42 Å². The summed E-state index contributed by atoms with van der Waals surface area (Å²) in [5.41, 5.74) is 1.37. The highest BCUT2D eigenvalue weighted by molar-refractivity contribution is 6.31. The second-order valence-corrected chi connectivity index (χ2v) is 6.22. The number of aromatic amines is 1. The molecule has 2 aromatic carbocycles. The summed E-state index contributed by atoms with van der Waals surface area (Å²) in [4.78, 5) is 27.5. The van der Waals surface area contributed by atoms with Crippen molar-refractivity contribution in [3.05, 3.63) is 69.1 Å². The third kappa shape index (κ3) is 3.38. The molecule has 0 aliphatic heterocycles. The van der Waals surface area contributed by atoms with Crippen molar-refractivity contribution < 1.29 is 18.7 Å². The number of benzene rings is 2. The van der Waals surface area contributed by atoms with Crippen LogP contribution in [0.2, 0.25) is 10.0 Å². The van der Waals surface area contributed by atoms with Crippen LogP contribution < -0.4 is 0 Å². The van der Waals surface area contributed by atoms with Gasteiger partial charge in [0, 0.05) is 27.1 Å². The monoisotopic (exact) mass is 379 g/mol. The van der Waals surface area contributed by atoms with E-state index in [1.165, 1.54) is 19.2 Å². The molecule has 0 atom stereocenters. The van der Waals surface area contributed by atoms with Crippen LogP contribution in [0.4, 0.5) is 4.39 Å². The number of H-pyrrole nitrogens is 1. The van der Waals surface area contributed by atoms with Gasteiger partial charge in [-0.05, 0) is 30.3 Å². The molecule has 0 spiro atoms. The van der Waals surface area contributed by atoms with Crippen molar-refractivity contribution in [1.82, 2.24) is 4.98 Å². The molecule has 0 radical (unpaired) electrons. The van der Waals surface area contributed by atoms with Gasteiger partial charge in [-0.3, -0.25) is 9.59 Å². The number of hydrogen-bond acceptors (Lipinski definition) is 3. The van der Waals surface area contributed by atoms with Crippen LogP contribution in [0.3, 0.4) is 0 Å². The third-order valence-electron chi connectivity index (χ3n) is 3.83. The van der Waals surface area contributed by atoms with Crippen molar-refractivity contribution in [2.75, 3.05) is 7.11 Å². The molecule has 4 nitrogen and oxygen atoms in total. The van der Waals surface area contributed by atoms with E-state index < -0.39 is 17.6 Å². The summed E-state index contributed by atoms with van der Waals surface area (Å²) < 4.78 is 18.4. The zero-order chi connectivity index (χ0) is 18.1. The van der Waals surface area contributed by atoms with Gasteiger partial charge in [-0.25, -0.2) is 4.39 Å².